The fourth-order valence-electron chi connectivity index (χ4n) is 1.82. The second kappa shape index (κ2) is 6.23. The largest absolute Gasteiger partial charge is 0.375 e. The van der Waals surface area contributed by atoms with Crippen LogP contribution < -0.4 is 11.1 Å². The van der Waals surface area contributed by atoms with Crippen molar-refractivity contribution in [2.45, 2.75) is 6.54 Å². The number of hydrogen-bond acceptors (Lipinski definition) is 4. The van der Waals surface area contributed by atoms with Crippen molar-refractivity contribution >= 4 is 28.9 Å². The first kappa shape index (κ1) is 14.8. The van der Waals surface area contributed by atoms with Gasteiger partial charge in [-0.25, -0.2) is 0 Å². The zero-order valence-corrected chi connectivity index (χ0v) is 11.6. The van der Waals surface area contributed by atoms with E-state index in [1.165, 1.54) is 12.1 Å². The standard InChI is InChI=1S/C14H12ClN3O3/c15-11-4-2-1-3-10(11)8-17-12-6-5-9(14(16)19)7-13(12)18(20)21/h1-7,17H,8H2,(H2,16,19). The first-order chi connectivity index (χ1) is 9.99. The molecule has 3 N–H and O–H groups in total. The lowest BCUT2D eigenvalue weighted by Gasteiger charge is -2.09. The highest BCUT2D eigenvalue weighted by Crippen LogP contribution is 2.26. The van der Waals surface area contributed by atoms with Gasteiger partial charge in [-0.1, -0.05) is 29.8 Å². The van der Waals surface area contributed by atoms with Gasteiger partial charge in [-0.05, 0) is 23.8 Å². The highest BCUT2D eigenvalue weighted by Gasteiger charge is 2.16. The molecule has 0 fully saturated rings. The Balaban J connectivity index is 2.26. The smallest absolute Gasteiger partial charge is 0.293 e. The lowest BCUT2D eigenvalue weighted by molar-refractivity contribution is -0.384. The SMILES string of the molecule is NC(=O)c1ccc(NCc2ccccc2Cl)c([N+](=O)[O-])c1. The van der Waals surface area contributed by atoms with Crippen LogP contribution in [-0.4, -0.2) is 10.8 Å². The summed E-state index contributed by atoms with van der Waals surface area (Å²) in [6.45, 7) is 0.330. The van der Waals surface area contributed by atoms with Crippen molar-refractivity contribution in [3.05, 3.63) is 68.7 Å². The molecule has 1 amide bonds. The monoisotopic (exact) mass is 305 g/mol. The summed E-state index contributed by atoms with van der Waals surface area (Å²) in [6.07, 6.45) is 0. The molecule has 0 heterocycles. The number of carbonyl (C=O) groups is 1. The normalized spacial score (nSPS) is 10.1. The van der Waals surface area contributed by atoms with Gasteiger partial charge in [0.2, 0.25) is 5.91 Å². The molecule has 0 unspecified atom stereocenters. The fourth-order valence-corrected chi connectivity index (χ4v) is 2.02. The molecule has 108 valence electrons. The average molecular weight is 306 g/mol. The highest BCUT2D eigenvalue weighted by atomic mass is 35.5. The molecule has 6 nitrogen and oxygen atoms in total. The number of amides is 1. The number of nitro groups is 1. The summed E-state index contributed by atoms with van der Waals surface area (Å²) in [5.41, 5.74) is 6.11. The van der Waals surface area contributed by atoms with Crippen LogP contribution in [0.15, 0.2) is 42.5 Å². The van der Waals surface area contributed by atoms with Gasteiger partial charge in [0.15, 0.2) is 0 Å². The number of rotatable bonds is 5. The second-order valence-electron chi connectivity index (χ2n) is 4.30. The summed E-state index contributed by atoms with van der Waals surface area (Å²) in [4.78, 5) is 21.6. The Bertz CT molecular complexity index is 704. The topological polar surface area (TPSA) is 98.3 Å². The Hall–Kier alpha value is -2.60. The van der Waals surface area contributed by atoms with E-state index in [0.29, 0.717) is 17.3 Å². The molecule has 0 aliphatic rings. The summed E-state index contributed by atoms with van der Waals surface area (Å²) in [6, 6.07) is 11.2. The van der Waals surface area contributed by atoms with Gasteiger partial charge in [0, 0.05) is 23.2 Å². The quantitative estimate of drug-likeness (QED) is 0.655. The van der Waals surface area contributed by atoms with E-state index >= 15 is 0 Å². The number of anilines is 1. The zero-order valence-electron chi connectivity index (χ0n) is 10.9. The molecule has 0 radical (unpaired) electrons. The number of carbonyl (C=O) groups excluding carboxylic acids is 1. The Kier molecular flexibility index (Phi) is 4.39. The third-order valence-electron chi connectivity index (χ3n) is 2.91. The van der Waals surface area contributed by atoms with Crippen LogP contribution in [0.5, 0.6) is 0 Å². The molecule has 2 aromatic carbocycles. The molecule has 2 rings (SSSR count). The first-order valence-corrected chi connectivity index (χ1v) is 6.42. The van der Waals surface area contributed by atoms with Gasteiger partial charge in [0.25, 0.3) is 5.69 Å². The summed E-state index contributed by atoms with van der Waals surface area (Å²) >= 11 is 6.02. The van der Waals surface area contributed by atoms with E-state index in [-0.39, 0.29) is 11.3 Å². The summed E-state index contributed by atoms with van der Waals surface area (Å²) in [5, 5.41) is 14.6. The van der Waals surface area contributed by atoms with Gasteiger partial charge in [-0.15, -0.1) is 0 Å². The van der Waals surface area contributed by atoms with E-state index in [0.717, 1.165) is 11.6 Å². The van der Waals surface area contributed by atoms with E-state index in [1.807, 2.05) is 12.1 Å². The van der Waals surface area contributed by atoms with Crippen molar-refractivity contribution in [1.29, 1.82) is 0 Å². The Morgan fingerprint density at radius 3 is 2.62 bits per heavy atom. The Morgan fingerprint density at radius 2 is 2.00 bits per heavy atom. The van der Waals surface area contributed by atoms with Gasteiger partial charge in [-0.3, -0.25) is 14.9 Å². The minimum atomic E-state index is -0.712. The van der Waals surface area contributed by atoms with Crippen molar-refractivity contribution in [2.24, 2.45) is 5.73 Å². The Labute approximate surface area is 125 Å². The minimum absolute atomic E-state index is 0.0880. The van der Waals surface area contributed by atoms with Gasteiger partial charge in [0.05, 0.1) is 4.92 Å². The lowest BCUT2D eigenvalue weighted by atomic mass is 10.1. The van der Waals surface area contributed by atoms with E-state index in [9.17, 15) is 14.9 Å². The van der Waals surface area contributed by atoms with Crippen LogP contribution in [0.25, 0.3) is 0 Å². The van der Waals surface area contributed by atoms with Crippen molar-refractivity contribution in [3.8, 4) is 0 Å². The van der Waals surface area contributed by atoms with Crippen molar-refractivity contribution < 1.29 is 9.72 Å². The number of nitrogens with zero attached hydrogens (tertiary/aromatic N) is 1. The number of nitro benzene ring substituents is 1. The summed E-state index contributed by atoms with van der Waals surface area (Å²) in [7, 11) is 0. The van der Waals surface area contributed by atoms with Crippen molar-refractivity contribution in [2.75, 3.05) is 5.32 Å². The first-order valence-electron chi connectivity index (χ1n) is 6.04. The maximum absolute atomic E-state index is 11.1. The maximum Gasteiger partial charge on any atom is 0.293 e. The van der Waals surface area contributed by atoms with Crippen LogP contribution in [0.1, 0.15) is 15.9 Å². The van der Waals surface area contributed by atoms with Crippen LogP contribution >= 0.6 is 11.6 Å². The van der Waals surface area contributed by atoms with E-state index in [1.54, 1.807) is 12.1 Å². The van der Waals surface area contributed by atoms with E-state index in [2.05, 4.69) is 5.32 Å². The fraction of sp³-hybridized carbons (Fsp3) is 0.0714. The molecule has 7 heteroatoms. The number of nitrogens with one attached hydrogen (secondary N) is 1. The number of hydrogen-bond donors (Lipinski definition) is 2. The molecule has 21 heavy (non-hydrogen) atoms. The van der Waals surface area contributed by atoms with Crippen LogP contribution in [0.4, 0.5) is 11.4 Å². The van der Waals surface area contributed by atoms with Crippen LogP contribution in [0.2, 0.25) is 5.02 Å². The molecule has 0 aliphatic heterocycles. The number of nitrogens with two attached hydrogens (primary N) is 1. The molecular formula is C14H12ClN3O3. The Morgan fingerprint density at radius 1 is 1.29 bits per heavy atom. The molecular weight excluding hydrogens is 294 g/mol. The van der Waals surface area contributed by atoms with Gasteiger partial charge >= 0.3 is 0 Å². The second-order valence-corrected chi connectivity index (χ2v) is 4.71. The van der Waals surface area contributed by atoms with E-state index < -0.39 is 10.8 Å². The molecule has 0 atom stereocenters. The number of halogens is 1. The molecule has 0 saturated carbocycles. The zero-order chi connectivity index (χ0) is 15.4. The summed E-state index contributed by atoms with van der Waals surface area (Å²) in [5.74, 6) is -0.712. The van der Waals surface area contributed by atoms with Crippen molar-refractivity contribution in [3.63, 3.8) is 0 Å². The highest BCUT2D eigenvalue weighted by molar-refractivity contribution is 6.31. The summed E-state index contributed by atoms with van der Waals surface area (Å²) < 4.78 is 0. The van der Waals surface area contributed by atoms with Gasteiger partial charge < -0.3 is 11.1 Å². The third-order valence-corrected chi connectivity index (χ3v) is 3.27. The molecule has 0 saturated heterocycles. The number of primary amides is 1. The van der Waals surface area contributed by atoms with Gasteiger partial charge in [-0.2, -0.15) is 0 Å². The van der Waals surface area contributed by atoms with Crippen LogP contribution in [0, 0.1) is 10.1 Å². The number of benzene rings is 2. The predicted octanol–water partition coefficient (Wildman–Crippen LogP) is 2.96. The lowest BCUT2D eigenvalue weighted by Crippen LogP contribution is -2.12. The third kappa shape index (κ3) is 3.49. The molecule has 0 aromatic heterocycles. The molecule has 0 aliphatic carbocycles. The van der Waals surface area contributed by atoms with Gasteiger partial charge in [0.1, 0.15) is 5.69 Å². The van der Waals surface area contributed by atoms with Crippen molar-refractivity contribution in [1.82, 2.24) is 0 Å². The predicted molar refractivity (Wildman–Crippen MR) is 80.4 cm³/mol. The van der Waals surface area contributed by atoms with E-state index in [4.69, 9.17) is 17.3 Å². The molecule has 0 spiro atoms. The molecule has 2 aromatic rings. The maximum atomic E-state index is 11.1. The molecule has 0 bridgehead atoms. The van der Waals surface area contributed by atoms with Crippen LogP contribution in [0.3, 0.4) is 0 Å². The average Bonchev–Trinajstić information content (AvgIpc) is 2.46. The minimum Gasteiger partial charge on any atom is -0.375 e. The van der Waals surface area contributed by atoms with Crippen LogP contribution in [-0.2, 0) is 6.54 Å².